The largest absolute Gasteiger partial charge is 0.452 e. The van der Waals surface area contributed by atoms with Crippen molar-refractivity contribution in [1.82, 2.24) is 0 Å². The highest BCUT2D eigenvalue weighted by atomic mass is 16.5. The molecule has 0 atom stereocenters. The number of rotatable bonds is 6. The van der Waals surface area contributed by atoms with E-state index < -0.39 is 5.97 Å². The van der Waals surface area contributed by atoms with Crippen molar-refractivity contribution in [3.63, 3.8) is 0 Å². The van der Waals surface area contributed by atoms with Crippen molar-refractivity contribution in [2.24, 2.45) is 0 Å². The van der Waals surface area contributed by atoms with Gasteiger partial charge in [-0.25, -0.2) is 4.79 Å². The molecule has 0 unspecified atom stereocenters. The summed E-state index contributed by atoms with van der Waals surface area (Å²) in [5, 5.41) is 2.72. The van der Waals surface area contributed by atoms with E-state index in [0.717, 1.165) is 37.6 Å². The van der Waals surface area contributed by atoms with Crippen LogP contribution < -0.4 is 10.2 Å². The van der Waals surface area contributed by atoms with Crippen molar-refractivity contribution >= 4 is 29.3 Å². The molecular formula is C21H22N2O4. The first-order chi connectivity index (χ1) is 13.2. The van der Waals surface area contributed by atoms with Crippen LogP contribution in [0.2, 0.25) is 0 Å². The predicted molar refractivity (Wildman–Crippen MR) is 105 cm³/mol. The second kappa shape index (κ2) is 9.54. The monoisotopic (exact) mass is 366 g/mol. The Bertz CT molecular complexity index is 782. The van der Waals surface area contributed by atoms with Crippen LogP contribution in [0, 0.1) is 0 Å². The highest BCUT2D eigenvalue weighted by molar-refractivity contribution is 5.94. The Labute approximate surface area is 158 Å². The molecule has 6 heteroatoms. The van der Waals surface area contributed by atoms with Crippen molar-refractivity contribution in [2.75, 3.05) is 43.1 Å². The summed E-state index contributed by atoms with van der Waals surface area (Å²) < 4.78 is 10.3. The first-order valence-electron chi connectivity index (χ1n) is 8.83. The van der Waals surface area contributed by atoms with Crippen LogP contribution >= 0.6 is 0 Å². The SMILES string of the molecule is O=C(COC(=O)/C=C/c1ccccc1)Nc1ccc(N2CCOCC2)cc1. The third-order valence-corrected chi connectivity index (χ3v) is 4.08. The molecule has 0 aromatic heterocycles. The molecule has 140 valence electrons. The summed E-state index contributed by atoms with van der Waals surface area (Å²) in [5.74, 6) is -0.938. The summed E-state index contributed by atoms with van der Waals surface area (Å²) in [6.45, 7) is 2.84. The van der Waals surface area contributed by atoms with Crippen LogP contribution in [0.1, 0.15) is 5.56 Å². The summed E-state index contributed by atoms with van der Waals surface area (Å²) in [6.07, 6.45) is 2.95. The fraction of sp³-hybridized carbons (Fsp3) is 0.238. The molecule has 0 aliphatic carbocycles. The van der Waals surface area contributed by atoms with Gasteiger partial charge in [-0.3, -0.25) is 4.79 Å². The Morgan fingerprint density at radius 3 is 2.44 bits per heavy atom. The maximum Gasteiger partial charge on any atom is 0.331 e. The summed E-state index contributed by atoms with van der Waals surface area (Å²) >= 11 is 0. The van der Waals surface area contributed by atoms with Gasteiger partial charge >= 0.3 is 5.97 Å². The van der Waals surface area contributed by atoms with E-state index in [1.165, 1.54) is 6.08 Å². The Morgan fingerprint density at radius 2 is 1.74 bits per heavy atom. The number of benzene rings is 2. The number of hydrogen-bond acceptors (Lipinski definition) is 5. The van der Waals surface area contributed by atoms with Crippen LogP contribution in [0.25, 0.3) is 6.08 Å². The lowest BCUT2D eigenvalue weighted by Crippen LogP contribution is -2.36. The smallest absolute Gasteiger partial charge is 0.331 e. The van der Waals surface area contributed by atoms with Crippen LogP contribution in [0.3, 0.4) is 0 Å². The topological polar surface area (TPSA) is 67.9 Å². The fourth-order valence-corrected chi connectivity index (χ4v) is 2.69. The summed E-state index contributed by atoms with van der Waals surface area (Å²) in [4.78, 5) is 25.9. The zero-order valence-electron chi connectivity index (χ0n) is 15.0. The molecule has 0 saturated carbocycles. The van der Waals surface area contributed by atoms with Gasteiger partial charge in [-0.2, -0.15) is 0 Å². The van der Waals surface area contributed by atoms with Crippen molar-refractivity contribution in [1.29, 1.82) is 0 Å². The van der Waals surface area contributed by atoms with Crippen LogP contribution in [-0.4, -0.2) is 44.8 Å². The fourth-order valence-electron chi connectivity index (χ4n) is 2.69. The minimum atomic E-state index is -0.559. The molecule has 1 fully saturated rings. The molecule has 1 aliphatic rings. The number of esters is 1. The second-order valence-electron chi connectivity index (χ2n) is 6.05. The molecule has 0 spiro atoms. The number of carbonyl (C=O) groups excluding carboxylic acids is 2. The van der Waals surface area contributed by atoms with E-state index in [9.17, 15) is 9.59 Å². The molecule has 6 nitrogen and oxygen atoms in total. The van der Waals surface area contributed by atoms with Gasteiger partial charge in [0.1, 0.15) is 0 Å². The van der Waals surface area contributed by atoms with E-state index in [0.29, 0.717) is 5.69 Å². The molecule has 1 aliphatic heterocycles. The second-order valence-corrected chi connectivity index (χ2v) is 6.05. The highest BCUT2D eigenvalue weighted by Crippen LogP contribution is 2.19. The maximum absolute atomic E-state index is 11.9. The summed E-state index contributed by atoms with van der Waals surface area (Å²) in [5.41, 5.74) is 2.64. The summed E-state index contributed by atoms with van der Waals surface area (Å²) in [6, 6.07) is 17.0. The Morgan fingerprint density at radius 1 is 1.04 bits per heavy atom. The quantitative estimate of drug-likeness (QED) is 0.629. The van der Waals surface area contributed by atoms with Gasteiger partial charge in [0.15, 0.2) is 6.61 Å². The average Bonchev–Trinajstić information content (AvgIpc) is 2.73. The lowest BCUT2D eigenvalue weighted by molar-refractivity contribution is -0.142. The van der Waals surface area contributed by atoms with Gasteiger partial charge in [0, 0.05) is 30.5 Å². The molecular weight excluding hydrogens is 344 g/mol. The molecule has 0 radical (unpaired) electrons. The zero-order valence-corrected chi connectivity index (χ0v) is 15.0. The first kappa shape index (κ1) is 18.7. The number of anilines is 2. The number of amides is 1. The number of hydrogen-bond donors (Lipinski definition) is 1. The molecule has 2 aromatic carbocycles. The molecule has 1 heterocycles. The standard InChI is InChI=1S/C21H22N2O4/c24-20(16-27-21(25)11-6-17-4-2-1-3-5-17)22-18-7-9-19(10-8-18)23-12-14-26-15-13-23/h1-11H,12-16H2,(H,22,24)/b11-6+. The summed E-state index contributed by atoms with van der Waals surface area (Å²) in [7, 11) is 0. The van der Waals surface area contributed by atoms with E-state index >= 15 is 0 Å². The zero-order chi connectivity index (χ0) is 18.9. The number of ether oxygens (including phenoxy) is 2. The lowest BCUT2D eigenvalue weighted by Gasteiger charge is -2.28. The lowest BCUT2D eigenvalue weighted by atomic mass is 10.2. The Kier molecular flexibility index (Phi) is 6.60. The number of nitrogens with zero attached hydrogens (tertiary/aromatic N) is 1. The van der Waals surface area contributed by atoms with Gasteiger partial charge in [-0.1, -0.05) is 30.3 Å². The van der Waals surface area contributed by atoms with Gasteiger partial charge < -0.3 is 19.7 Å². The molecule has 1 N–H and O–H groups in total. The molecule has 27 heavy (non-hydrogen) atoms. The van der Waals surface area contributed by atoms with Gasteiger partial charge in [-0.05, 0) is 35.9 Å². The van der Waals surface area contributed by atoms with Crippen molar-refractivity contribution < 1.29 is 19.1 Å². The average molecular weight is 366 g/mol. The minimum Gasteiger partial charge on any atom is -0.452 e. The van der Waals surface area contributed by atoms with E-state index in [1.54, 1.807) is 6.08 Å². The van der Waals surface area contributed by atoms with E-state index in [-0.39, 0.29) is 12.5 Å². The Hall–Kier alpha value is -3.12. The number of carbonyl (C=O) groups is 2. The normalized spacial score (nSPS) is 14.1. The minimum absolute atomic E-state index is 0.330. The van der Waals surface area contributed by atoms with Crippen LogP contribution in [-0.2, 0) is 19.1 Å². The highest BCUT2D eigenvalue weighted by Gasteiger charge is 2.11. The number of morpholine rings is 1. The molecule has 0 bridgehead atoms. The molecule has 1 amide bonds. The third kappa shape index (κ3) is 5.97. The van der Waals surface area contributed by atoms with Crippen LogP contribution in [0.4, 0.5) is 11.4 Å². The van der Waals surface area contributed by atoms with Crippen LogP contribution in [0.5, 0.6) is 0 Å². The Balaban J connectivity index is 1.43. The van der Waals surface area contributed by atoms with E-state index in [2.05, 4.69) is 10.2 Å². The van der Waals surface area contributed by atoms with Crippen LogP contribution in [0.15, 0.2) is 60.7 Å². The molecule has 3 rings (SSSR count). The van der Waals surface area contributed by atoms with Crippen molar-refractivity contribution in [3.05, 3.63) is 66.2 Å². The van der Waals surface area contributed by atoms with E-state index in [1.807, 2.05) is 54.6 Å². The first-order valence-corrected chi connectivity index (χ1v) is 8.83. The predicted octanol–water partition coefficient (Wildman–Crippen LogP) is 2.72. The van der Waals surface area contributed by atoms with Gasteiger partial charge in [0.05, 0.1) is 13.2 Å². The van der Waals surface area contributed by atoms with Gasteiger partial charge in [0.25, 0.3) is 5.91 Å². The molecule has 1 saturated heterocycles. The van der Waals surface area contributed by atoms with Gasteiger partial charge in [-0.15, -0.1) is 0 Å². The van der Waals surface area contributed by atoms with E-state index in [4.69, 9.17) is 9.47 Å². The third-order valence-electron chi connectivity index (χ3n) is 4.08. The maximum atomic E-state index is 11.9. The number of nitrogens with one attached hydrogen (secondary N) is 1. The van der Waals surface area contributed by atoms with Crippen molar-refractivity contribution in [3.8, 4) is 0 Å². The van der Waals surface area contributed by atoms with Crippen molar-refractivity contribution in [2.45, 2.75) is 0 Å². The molecule has 2 aromatic rings. The van der Waals surface area contributed by atoms with Gasteiger partial charge in [0.2, 0.25) is 0 Å².